The molecule has 0 saturated carbocycles. The number of hydrogen-bond acceptors (Lipinski definition) is 6. The van der Waals surface area contributed by atoms with Crippen molar-refractivity contribution < 1.29 is 22.0 Å². The van der Waals surface area contributed by atoms with Crippen molar-refractivity contribution in [2.75, 3.05) is 41.9 Å². The van der Waals surface area contributed by atoms with E-state index >= 15 is 0 Å². The lowest BCUT2D eigenvalue weighted by Crippen LogP contribution is -2.39. The molecule has 7 nitrogen and oxygen atoms in total. The van der Waals surface area contributed by atoms with Crippen molar-refractivity contribution in [3.63, 3.8) is 0 Å². The second kappa shape index (κ2) is 12.2. The van der Waals surface area contributed by atoms with E-state index in [4.69, 9.17) is 0 Å². The van der Waals surface area contributed by atoms with Gasteiger partial charge in [-0.1, -0.05) is 43.4 Å². The Kier molecular flexibility index (Phi) is 9.09. The van der Waals surface area contributed by atoms with Crippen molar-refractivity contribution in [1.29, 1.82) is 0 Å². The van der Waals surface area contributed by atoms with E-state index in [1.165, 1.54) is 39.5 Å². The molecule has 0 unspecified atom stereocenters. The molecule has 0 N–H and O–H groups in total. The molecule has 0 bridgehead atoms. The topological polar surface area (TPSA) is 73.8 Å². The lowest BCUT2D eigenvalue weighted by Gasteiger charge is -2.25. The first-order chi connectivity index (χ1) is 18.7. The fourth-order valence-electron chi connectivity index (χ4n) is 4.74. The van der Waals surface area contributed by atoms with Crippen LogP contribution in [0, 0.1) is 11.6 Å². The van der Waals surface area contributed by atoms with Crippen LogP contribution in [0.15, 0.2) is 65.6 Å². The molecule has 0 saturated heterocycles. The summed E-state index contributed by atoms with van der Waals surface area (Å²) in [5, 5.41) is 0.247. The molecule has 0 atom stereocenters. The summed E-state index contributed by atoms with van der Waals surface area (Å²) < 4.78 is 56.7. The highest BCUT2D eigenvalue weighted by atomic mass is 35.5. The Bertz CT molecular complexity index is 1630. The Hall–Kier alpha value is -3.12. The van der Waals surface area contributed by atoms with Crippen molar-refractivity contribution in [1.82, 2.24) is 9.88 Å². The molecular weight excluding hydrogens is 578 g/mol. The molecule has 12 heteroatoms. The Balaban J connectivity index is 0.00000370. The Morgan fingerprint density at radius 3 is 2.42 bits per heavy atom. The number of aromatic nitrogens is 1. The highest BCUT2D eigenvalue weighted by Gasteiger charge is 2.31. The van der Waals surface area contributed by atoms with Crippen LogP contribution in [0.25, 0.3) is 10.2 Å². The number of para-hydroxylation sites is 1. The van der Waals surface area contributed by atoms with Crippen LogP contribution in [0.5, 0.6) is 0 Å². The molecule has 2 heterocycles. The van der Waals surface area contributed by atoms with E-state index in [1.54, 1.807) is 6.07 Å². The van der Waals surface area contributed by atoms with Crippen LogP contribution < -0.4 is 9.21 Å². The smallest absolute Gasteiger partial charge is 0.264 e. The summed E-state index contributed by atoms with van der Waals surface area (Å²) in [4.78, 5) is 21.7. The van der Waals surface area contributed by atoms with Crippen molar-refractivity contribution in [3.8, 4) is 0 Å². The second-order valence-corrected chi connectivity index (χ2v) is 12.1. The molecule has 40 heavy (non-hydrogen) atoms. The number of rotatable bonds is 9. The van der Waals surface area contributed by atoms with Gasteiger partial charge in [-0.25, -0.2) is 22.2 Å². The van der Waals surface area contributed by atoms with Gasteiger partial charge in [-0.15, -0.1) is 12.4 Å². The number of halogens is 3. The summed E-state index contributed by atoms with van der Waals surface area (Å²) in [6, 6.07) is 15.2. The SMILES string of the molecule is CCN(CC)CCN(C(=O)c1ccc(S(=O)(=O)N2CCc3ccccc32)cc1)c1nc2c(F)cc(F)cc2s1.Cl. The van der Waals surface area contributed by atoms with E-state index in [2.05, 4.69) is 9.88 Å². The van der Waals surface area contributed by atoms with Crippen LogP contribution in [0.3, 0.4) is 0 Å². The van der Waals surface area contributed by atoms with Gasteiger partial charge in [0.05, 0.1) is 15.3 Å². The standard InChI is InChI=1S/C28H28F2N4O3S2.ClH/c1-3-32(4-2)15-16-33(28-31-26-23(30)17-21(29)18-25(26)38-28)27(35)20-9-11-22(12-10-20)39(36,37)34-14-13-19-7-5-6-8-24(19)34;/h5-12,17-18H,3-4,13-16H2,1-2H3;1H. The first-order valence-electron chi connectivity index (χ1n) is 12.7. The zero-order chi connectivity index (χ0) is 27.7. The Morgan fingerprint density at radius 1 is 1.02 bits per heavy atom. The minimum atomic E-state index is -3.81. The number of nitrogens with zero attached hydrogens (tertiary/aromatic N) is 4. The largest absolute Gasteiger partial charge is 0.302 e. The van der Waals surface area contributed by atoms with Gasteiger partial charge in [-0.2, -0.15) is 0 Å². The van der Waals surface area contributed by atoms with Gasteiger partial charge >= 0.3 is 0 Å². The minimum absolute atomic E-state index is 0. The van der Waals surface area contributed by atoms with Crippen LogP contribution in [0.1, 0.15) is 29.8 Å². The summed E-state index contributed by atoms with van der Waals surface area (Å²) in [6.45, 7) is 6.78. The molecule has 0 fully saturated rings. The zero-order valence-electron chi connectivity index (χ0n) is 22.0. The minimum Gasteiger partial charge on any atom is -0.302 e. The van der Waals surface area contributed by atoms with E-state index in [9.17, 15) is 22.0 Å². The van der Waals surface area contributed by atoms with Gasteiger partial charge < -0.3 is 4.90 Å². The lowest BCUT2D eigenvalue weighted by atomic mass is 10.2. The molecule has 0 aliphatic carbocycles. The first-order valence-corrected chi connectivity index (χ1v) is 15.0. The summed E-state index contributed by atoms with van der Waals surface area (Å²) in [6.07, 6.45) is 0.639. The fourth-order valence-corrected chi connectivity index (χ4v) is 7.27. The van der Waals surface area contributed by atoms with Crippen LogP contribution in [-0.2, 0) is 16.4 Å². The summed E-state index contributed by atoms with van der Waals surface area (Å²) >= 11 is 1.03. The number of amides is 1. The van der Waals surface area contributed by atoms with E-state index in [0.29, 0.717) is 29.9 Å². The average molecular weight is 607 g/mol. The highest BCUT2D eigenvalue weighted by Crippen LogP contribution is 2.34. The third kappa shape index (κ3) is 5.69. The maximum atomic E-state index is 14.4. The summed E-state index contributed by atoms with van der Waals surface area (Å²) in [7, 11) is -3.81. The van der Waals surface area contributed by atoms with Crippen LogP contribution in [-0.4, -0.2) is 56.9 Å². The number of anilines is 2. The molecule has 5 rings (SSSR count). The van der Waals surface area contributed by atoms with Gasteiger partial charge in [0.15, 0.2) is 10.9 Å². The van der Waals surface area contributed by atoms with Gasteiger partial charge in [0.1, 0.15) is 11.3 Å². The maximum absolute atomic E-state index is 14.4. The van der Waals surface area contributed by atoms with Crippen molar-refractivity contribution in [2.45, 2.75) is 25.2 Å². The molecule has 212 valence electrons. The van der Waals surface area contributed by atoms with E-state index in [1.807, 2.05) is 32.0 Å². The predicted molar refractivity (Wildman–Crippen MR) is 157 cm³/mol. The van der Waals surface area contributed by atoms with E-state index in [0.717, 1.165) is 36.1 Å². The number of carbonyl (C=O) groups is 1. The predicted octanol–water partition coefficient (Wildman–Crippen LogP) is 5.74. The normalized spacial score (nSPS) is 13.0. The number of carbonyl (C=O) groups excluding carboxylic acids is 1. The molecule has 0 spiro atoms. The molecule has 0 radical (unpaired) electrons. The maximum Gasteiger partial charge on any atom is 0.264 e. The molecule has 4 aromatic rings. The number of thiazole rings is 1. The van der Waals surface area contributed by atoms with E-state index < -0.39 is 27.6 Å². The monoisotopic (exact) mass is 606 g/mol. The number of likely N-dealkylation sites (N-methyl/N-ethyl adjacent to an activating group) is 1. The van der Waals surface area contributed by atoms with Crippen LogP contribution in [0.2, 0.25) is 0 Å². The third-order valence-electron chi connectivity index (χ3n) is 6.95. The van der Waals surface area contributed by atoms with E-state index in [-0.39, 0.29) is 40.1 Å². The quantitative estimate of drug-likeness (QED) is 0.243. The summed E-state index contributed by atoms with van der Waals surface area (Å²) in [5.41, 5.74) is 1.91. The van der Waals surface area contributed by atoms with Crippen molar-refractivity contribution in [3.05, 3.63) is 83.4 Å². The van der Waals surface area contributed by atoms with Crippen LogP contribution in [0.4, 0.5) is 19.6 Å². The second-order valence-electron chi connectivity index (χ2n) is 9.19. The lowest BCUT2D eigenvalue weighted by molar-refractivity contribution is 0.0983. The highest BCUT2D eigenvalue weighted by molar-refractivity contribution is 7.92. The van der Waals surface area contributed by atoms with Gasteiger partial charge in [0, 0.05) is 31.3 Å². The van der Waals surface area contributed by atoms with Crippen molar-refractivity contribution >= 4 is 60.7 Å². The molecule has 1 amide bonds. The van der Waals surface area contributed by atoms with Gasteiger partial charge in [0.25, 0.3) is 15.9 Å². The number of benzene rings is 3. The Labute approximate surface area is 242 Å². The van der Waals surface area contributed by atoms with Gasteiger partial charge in [-0.3, -0.25) is 14.0 Å². The number of fused-ring (bicyclic) bond motifs is 2. The zero-order valence-corrected chi connectivity index (χ0v) is 24.5. The number of hydrogen-bond donors (Lipinski definition) is 0. The molecular formula is C28H29ClF2N4O3S2. The summed E-state index contributed by atoms with van der Waals surface area (Å²) in [5.74, 6) is -1.91. The molecule has 1 aliphatic rings. The third-order valence-corrected chi connectivity index (χ3v) is 9.80. The molecule has 1 aromatic heterocycles. The Morgan fingerprint density at radius 2 is 1.73 bits per heavy atom. The van der Waals surface area contributed by atoms with Gasteiger partial charge in [0.2, 0.25) is 0 Å². The van der Waals surface area contributed by atoms with Gasteiger partial charge in [-0.05, 0) is 61.5 Å². The number of sulfonamides is 1. The average Bonchev–Trinajstić information content (AvgIpc) is 3.56. The molecule has 1 aliphatic heterocycles. The first kappa shape index (κ1) is 29.9. The van der Waals surface area contributed by atoms with Crippen molar-refractivity contribution in [2.24, 2.45) is 0 Å². The fraction of sp³-hybridized carbons (Fsp3) is 0.286. The van der Waals surface area contributed by atoms with Crippen LogP contribution >= 0.6 is 23.7 Å². The molecule has 3 aromatic carbocycles.